The van der Waals surface area contributed by atoms with Crippen LogP contribution in [0.25, 0.3) is 0 Å². The lowest BCUT2D eigenvalue weighted by Gasteiger charge is -2.41. The predicted molar refractivity (Wildman–Crippen MR) is 101 cm³/mol. The third-order valence-corrected chi connectivity index (χ3v) is 5.93. The number of carbonyl (C=O) groups is 1. The highest BCUT2D eigenvalue weighted by atomic mass is 16.3. The van der Waals surface area contributed by atoms with Gasteiger partial charge in [-0.3, -0.25) is 9.69 Å². The first kappa shape index (κ1) is 18.4. The van der Waals surface area contributed by atoms with Gasteiger partial charge in [0.25, 0.3) is 5.91 Å². The normalized spacial score (nSPS) is 25.8. The molecule has 0 bridgehead atoms. The fourth-order valence-electron chi connectivity index (χ4n) is 4.69. The number of amides is 1. The van der Waals surface area contributed by atoms with Crippen molar-refractivity contribution in [3.63, 3.8) is 0 Å². The van der Waals surface area contributed by atoms with Gasteiger partial charge in [-0.2, -0.15) is 0 Å². The van der Waals surface area contributed by atoms with Gasteiger partial charge in [0.1, 0.15) is 0 Å². The maximum atomic E-state index is 12.7. The molecule has 138 valence electrons. The Hall–Kier alpha value is -1.39. The van der Waals surface area contributed by atoms with Crippen molar-refractivity contribution in [3.8, 4) is 0 Å². The van der Waals surface area contributed by atoms with E-state index in [2.05, 4.69) is 29.3 Å². The Morgan fingerprint density at radius 1 is 1.04 bits per heavy atom. The second kappa shape index (κ2) is 7.88. The van der Waals surface area contributed by atoms with Crippen LogP contribution >= 0.6 is 0 Å². The largest absolute Gasteiger partial charge is 0.391 e. The Morgan fingerprint density at radius 3 is 2.24 bits per heavy atom. The highest BCUT2D eigenvalue weighted by molar-refractivity contribution is 5.97. The average molecular weight is 344 g/mol. The number of aliphatic hydroxyl groups is 1. The van der Waals surface area contributed by atoms with Crippen LogP contribution in [0.15, 0.2) is 12.1 Å². The van der Waals surface area contributed by atoms with Crippen molar-refractivity contribution in [2.75, 3.05) is 13.1 Å². The molecule has 3 rings (SSSR count). The molecule has 1 amide bonds. The minimum Gasteiger partial charge on any atom is -0.391 e. The number of nitrogens with zero attached hydrogens (tertiary/aromatic N) is 1. The van der Waals surface area contributed by atoms with Crippen molar-refractivity contribution in [1.82, 2.24) is 10.2 Å². The van der Waals surface area contributed by atoms with Gasteiger partial charge < -0.3 is 10.4 Å². The van der Waals surface area contributed by atoms with Crippen LogP contribution < -0.4 is 5.32 Å². The van der Waals surface area contributed by atoms with E-state index >= 15 is 0 Å². The van der Waals surface area contributed by atoms with Crippen LogP contribution in [-0.4, -0.2) is 47.2 Å². The van der Waals surface area contributed by atoms with Gasteiger partial charge in [0.05, 0.1) is 6.10 Å². The summed E-state index contributed by atoms with van der Waals surface area (Å²) < 4.78 is 0. The van der Waals surface area contributed by atoms with E-state index in [1.54, 1.807) is 0 Å². The number of aliphatic hydroxyl groups excluding tert-OH is 1. The van der Waals surface area contributed by atoms with Gasteiger partial charge in [-0.05, 0) is 57.6 Å². The second-order valence-electron chi connectivity index (χ2n) is 7.98. The van der Waals surface area contributed by atoms with E-state index in [1.807, 2.05) is 13.8 Å². The molecule has 0 radical (unpaired) electrons. The molecule has 4 nitrogen and oxygen atoms in total. The number of hydrogen-bond acceptors (Lipinski definition) is 3. The third-order valence-electron chi connectivity index (χ3n) is 5.93. The Morgan fingerprint density at radius 2 is 1.64 bits per heavy atom. The minimum atomic E-state index is -0.169. The van der Waals surface area contributed by atoms with Crippen LogP contribution in [0, 0.1) is 20.8 Å². The molecule has 1 heterocycles. The molecule has 1 saturated heterocycles. The summed E-state index contributed by atoms with van der Waals surface area (Å²) >= 11 is 0. The highest BCUT2D eigenvalue weighted by Crippen LogP contribution is 2.26. The van der Waals surface area contributed by atoms with E-state index in [-0.39, 0.29) is 18.1 Å². The van der Waals surface area contributed by atoms with E-state index in [1.165, 1.54) is 12.0 Å². The number of likely N-dealkylation sites (tertiary alicyclic amines) is 1. The zero-order chi connectivity index (χ0) is 18.0. The van der Waals surface area contributed by atoms with Gasteiger partial charge in [0.2, 0.25) is 0 Å². The predicted octanol–water partition coefficient (Wildman–Crippen LogP) is 3.11. The topological polar surface area (TPSA) is 52.6 Å². The van der Waals surface area contributed by atoms with Crippen molar-refractivity contribution < 1.29 is 9.90 Å². The summed E-state index contributed by atoms with van der Waals surface area (Å²) in [4.78, 5) is 15.2. The maximum Gasteiger partial charge on any atom is 0.252 e. The van der Waals surface area contributed by atoms with Crippen LogP contribution in [0.2, 0.25) is 0 Å². The lowest BCUT2D eigenvalue weighted by atomic mass is 9.89. The first-order valence-electron chi connectivity index (χ1n) is 9.76. The lowest BCUT2D eigenvalue weighted by molar-refractivity contribution is 0.00727. The average Bonchev–Trinajstić information content (AvgIpc) is 2.55. The van der Waals surface area contributed by atoms with Gasteiger partial charge in [-0.15, -0.1) is 0 Å². The zero-order valence-electron chi connectivity index (χ0n) is 15.8. The van der Waals surface area contributed by atoms with E-state index in [4.69, 9.17) is 0 Å². The summed E-state index contributed by atoms with van der Waals surface area (Å²) in [5, 5.41) is 13.5. The van der Waals surface area contributed by atoms with Gasteiger partial charge in [0, 0.05) is 30.7 Å². The van der Waals surface area contributed by atoms with Crippen LogP contribution in [0.5, 0.6) is 0 Å². The van der Waals surface area contributed by atoms with Crippen molar-refractivity contribution in [1.29, 1.82) is 0 Å². The Bertz CT molecular complexity index is 597. The molecule has 1 aromatic rings. The Kier molecular flexibility index (Phi) is 5.80. The van der Waals surface area contributed by atoms with E-state index < -0.39 is 0 Å². The van der Waals surface area contributed by atoms with E-state index in [9.17, 15) is 9.90 Å². The van der Waals surface area contributed by atoms with Crippen molar-refractivity contribution in [2.24, 2.45) is 0 Å². The maximum absolute atomic E-state index is 12.7. The first-order chi connectivity index (χ1) is 12.0. The van der Waals surface area contributed by atoms with Crippen molar-refractivity contribution in [2.45, 2.75) is 77.5 Å². The van der Waals surface area contributed by atoms with E-state index in [0.29, 0.717) is 6.04 Å². The fraction of sp³-hybridized carbons (Fsp3) is 0.667. The van der Waals surface area contributed by atoms with Gasteiger partial charge >= 0.3 is 0 Å². The second-order valence-corrected chi connectivity index (χ2v) is 7.98. The molecule has 1 saturated carbocycles. The molecule has 0 spiro atoms. The minimum absolute atomic E-state index is 0.0613. The summed E-state index contributed by atoms with van der Waals surface area (Å²) in [5.41, 5.74) is 4.14. The number of rotatable bonds is 3. The number of carbonyl (C=O) groups excluding carboxylic acids is 1. The zero-order valence-corrected chi connectivity index (χ0v) is 15.8. The molecular formula is C21H32N2O2. The van der Waals surface area contributed by atoms with Gasteiger partial charge in [0.15, 0.2) is 0 Å². The standard InChI is InChI=1S/C21H32N2O2/c1-14-12-15(2)20(16(3)13-14)21(25)22-17-8-10-23(11-9-17)18-6-4-5-7-19(18)24/h12-13,17-19,24H,4-11H2,1-3H3,(H,22,25). The number of nitrogens with one attached hydrogen (secondary N) is 1. The Labute approximate surface area is 151 Å². The molecule has 2 fully saturated rings. The molecule has 2 atom stereocenters. The van der Waals surface area contributed by atoms with Crippen molar-refractivity contribution >= 4 is 5.91 Å². The van der Waals surface area contributed by atoms with Crippen LogP contribution in [0.3, 0.4) is 0 Å². The molecule has 1 aromatic carbocycles. The first-order valence-corrected chi connectivity index (χ1v) is 9.76. The highest BCUT2D eigenvalue weighted by Gasteiger charge is 2.32. The SMILES string of the molecule is Cc1cc(C)c(C(=O)NC2CCN(C3CCCCC3O)CC2)c(C)c1. The summed E-state index contributed by atoms with van der Waals surface area (Å²) in [5.74, 6) is 0.0613. The number of aryl methyl sites for hydroxylation is 3. The molecule has 2 aliphatic rings. The van der Waals surface area contributed by atoms with Crippen LogP contribution in [0.4, 0.5) is 0 Å². The monoisotopic (exact) mass is 344 g/mol. The lowest BCUT2D eigenvalue weighted by Crippen LogP contribution is -2.52. The molecule has 4 heteroatoms. The number of hydrogen-bond donors (Lipinski definition) is 2. The summed E-state index contributed by atoms with van der Waals surface area (Å²) in [6.07, 6.45) is 6.20. The molecule has 0 aromatic heterocycles. The smallest absolute Gasteiger partial charge is 0.252 e. The molecular weight excluding hydrogens is 312 g/mol. The molecule has 25 heavy (non-hydrogen) atoms. The molecule has 1 aliphatic heterocycles. The molecule has 2 unspecified atom stereocenters. The summed E-state index contributed by atoms with van der Waals surface area (Å²) in [6, 6.07) is 4.72. The summed E-state index contributed by atoms with van der Waals surface area (Å²) in [6.45, 7) is 8.04. The van der Waals surface area contributed by atoms with Crippen LogP contribution in [-0.2, 0) is 0 Å². The molecule has 2 N–H and O–H groups in total. The number of benzene rings is 1. The third kappa shape index (κ3) is 4.24. The quantitative estimate of drug-likeness (QED) is 0.886. The van der Waals surface area contributed by atoms with Crippen molar-refractivity contribution in [3.05, 3.63) is 34.4 Å². The fourth-order valence-corrected chi connectivity index (χ4v) is 4.69. The van der Waals surface area contributed by atoms with Gasteiger partial charge in [-0.25, -0.2) is 0 Å². The van der Waals surface area contributed by atoms with E-state index in [0.717, 1.165) is 61.9 Å². The molecule has 1 aliphatic carbocycles. The van der Waals surface area contributed by atoms with Gasteiger partial charge in [-0.1, -0.05) is 30.5 Å². The number of piperidine rings is 1. The van der Waals surface area contributed by atoms with Crippen LogP contribution in [0.1, 0.15) is 65.6 Å². The summed E-state index contributed by atoms with van der Waals surface area (Å²) in [7, 11) is 0. The Balaban J connectivity index is 1.56.